The van der Waals surface area contributed by atoms with E-state index in [0.717, 1.165) is 44.9 Å². The third-order valence-electron chi connectivity index (χ3n) is 11.9. The van der Waals surface area contributed by atoms with Crippen LogP contribution in [0.4, 0.5) is 0 Å². The zero-order chi connectivity index (χ0) is 44.4. The van der Waals surface area contributed by atoms with Crippen molar-refractivity contribution in [2.24, 2.45) is 0 Å². The van der Waals surface area contributed by atoms with Crippen molar-refractivity contribution in [3.05, 3.63) is 48.6 Å². The lowest BCUT2D eigenvalue weighted by Gasteiger charge is -2.40. The molecule has 0 aromatic heterocycles. The minimum Gasteiger partial charge on any atom is -0.394 e. The van der Waals surface area contributed by atoms with Crippen LogP contribution in [0.15, 0.2) is 48.6 Å². The van der Waals surface area contributed by atoms with Crippen LogP contribution in [0.5, 0.6) is 0 Å². The third-order valence-corrected chi connectivity index (χ3v) is 11.9. The number of hydrogen-bond donors (Lipinski definition) is 6. The Kier molecular flexibility index (Phi) is 39.5. The molecular weight excluding hydrogens is 767 g/mol. The zero-order valence-corrected chi connectivity index (χ0v) is 39.2. The number of carbonyl (C=O) groups is 1. The van der Waals surface area contributed by atoms with Crippen LogP contribution in [0.25, 0.3) is 0 Å². The fourth-order valence-corrected chi connectivity index (χ4v) is 7.79. The molecule has 1 rings (SSSR count). The van der Waals surface area contributed by atoms with Gasteiger partial charge in [-0.25, -0.2) is 0 Å². The van der Waals surface area contributed by atoms with Crippen molar-refractivity contribution in [1.29, 1.82) is 0 Å². The molecule has 7 unspecified atom stereocenters. The summed E-state index contributed by atoms with van der Waals surface area (Å²) in [4.78, 5) is 13.0. The average molecular weight is 862 g/mol. The molecule has 0 radical (unpaired) electrons. The van der Waals surface area contributed by atoms with Crippen LogP contribution in [0, 0.1) is 0 Å². The Hall–Kier alpha value is -1.85. The van der Waals surface area contributed by atoms with E-state index in [0.29, 0.717) is 6.42 Å². The van der Waals surface area contributed by atoms with E-state index in [1.165, 1.54) is 154 Å². The normalized spacial score (nSPS) is 20.8. The van der Waals surface area contributed by atoms with Gasteiger partial charge in [0, 0.05) is 6.42 Å². The molecular formula is C52H95NO8. The highest BCUT2D eigenvalue weighted by molar-refractivity contribution is 5.76. The summed E-state index contributed by atoms with van der Waals surface area (Å²) in [5, 5.41) is 54.2. The van der Waals surface area contributed by atoms with Crippen molar-refractivity contribution >= 4 is 5.91 Å². The maximum absolute atomic E-state index is 13.0. The minimum absolute atomic E-state index is 0.189. The fourth-order valence-electron chi connectivity index (χ4n) is 7.79. The van der Waals surface area contributed by atoms with Crippen molar-refractivity contribution in [1.82, 2.24) is 5.32 Å². The molecule has 9 heteroatoms. The predicted octanol–water partition coefficient (Wildman–Crippen LogP) is 11.4. The summed E-state index contributed by atoms with van der Waals surface area (Å²) in [6.45, 7) is 3.74. The van der Waals surface area contributed by atoms with Crippen molar-refractivity contribution in [2.45, 2.75) is 262 Å². The smallest absolute Gasteiger partial charge is 0.220 e. The largest absolute Gasteiger partial charge is 0.394 e. The van der Waals surface area contributed by atoms with Gasteiger partial charge < -0.3 is 40.3 Å². The number of unbranched alkanes of at least 4 members (excludes halogenated alkanes) is 26. The molecule has 1 fully saturated rings. The van der Waals surface area contributed by atoms with E-state index in [4.69, 9.17) is 9.47 Å². The predicted molar refractivity (Wildman–Crippen MR) is 253 cm³/mol. The standard InChI is InChI=1S/C52H95NO8/c1-3-5-7-9-11-13-15-17-18-19-20-21-22-23-24-25-26-27-28-30-32-34-36-38-40-42-48(56)53-45(44-60-52-51(59)50(58)49(57)47(43-54)61-52)46(55)41-39-37-35-33-31-29-16-14-12-10-8-6-4-2/h15,17,19-20,31,33,39,41,45-47,49-52,54-55,57-59H,3-14,16,18,21-30,32,34-38,40,42-44H2,1-2H3,(H,53,56)/b17-15-,20-19-,33-31+,41-39+. The highest BCUT2D eigenvalue weighted by Gasteiger charge is 2.44. The van der Waals surface area contributed by atoms with Crippen molar-refractivity contribution in [3.63, 3.8) is 0 Å². The second-order valence-electron chi connectivity index (χ2n) is 17.6. The van der Waals surface area contributed by atoms with Gasteiger partial charge in [0.15, 0.2) is 6.29 Å². The van der Waals surface area contributed by atoms with Crippen LogP contribution in [-0.2, 0) is 14.3 Å². The molecule has 0 saturated carbocycles. The van der Waals surface area contributed by atoms with Crippen molar-refractivity contribution in [3.8, 4) is 0 Å². The quantitative estimate of drug-likeness (QED) is 0.0262. The van der Waals surface area contributed by atoms with E-state index in [1.54, 1.807) is 6.08 Å². The molecule has 0 aliphatic carbocycles. The minimum atomic E-state index is -1.57. The maximum Gasteiger partial charge on any atom is 0.220 e. The lowest BCUT2D eigenvalue weighted by molar-refractivity contribution is -0.302. The third kappa shape index (κ3) is 32.5. The van der Waals surface area contributed by atoms with E-state index in [1.807, 2.05) is 6.08 Å². The molecule has 1 heterocycles. The summed E-state index contributed by atoms with van der Waals surface area (Å²) in [6.07, 6.45) is 47.4. The number of nitrogens with one attached hydrogen (secondary N) is 1. The van der Waals surface area contributed by atoms with Gasteiger partial charge in [-0.2, -0.15) is 0 Å². The first-order valence-corrected chi connectivity index (χ1v) is 25.4. The van der Waals surface area contributed by atoms with Gasteiger partial charge in [-0.3, -0.25) is 4.79 Å². The second kappa shape index (κ2) is 42.1. The molecule has 1 aliphatic rings. The van der Waals surface area contributed by atoms with Gasteiger partial charge >= 0.3 is 0 Å². The topological polar surface area (TPSA) is 149 Å². The molecule has 1 aliphatic heterocycles. The van der Waals surface area contributed by atoms with Crippen LogP contribution in [0.1, 0.15) is 219 Å². The van der Waals surface area contributed by atoms with E-state index in [-0.39, 0.29) is 12.5 Å². The van der Waals surface area contributed by atoms with Gasteiger partial charge in [0.2, 0.25) is 5.91 Å². The number of hydrogen-bond acceptors (Lipinski definition) is 8. The summed E-state index contributed by atoms with van der Waals surface area (Å²) in [5.41, 5.74) is 0. The first-order chi connectivity index (χ1) is 29.8. The number of carbonyl (C=O) groups excluding carboxylic acids is 1. The first-order valence-electron chi connectivity index (χ1n) is 25.4. The van der Waals surface area contributed by atoms with Gasteiger partial charge in [-0.05, 0) is 64.2 Å². The van der Waals surface area contributed by atoms with E-state index in [2.05, 4.69) is 55.6 Å². The van der Waals surface area contributed by atoms with Crippen LogP contribution < -0.4 is 5.32 Å². The van der Waals surface area contributed by atoms with Gasteiger partial charge in [0.05, 0.1) is 25.4 Å². The molecule has 1 saturated heterocycles. The Bertz CT molecular complexity index is 1090. The highest BCUT2D eigenvalue weighted by atomic mass is 16.7. The van der Waals surface area contributed by atoms with Crippen LogP contribution >= 0.6 is 0 Å². The Labute approximate surface area is 373 Å². The molecule has 0 bridgehead atoms. The maximum atomic E-state index is 13.0. The average Bonchev–Trinajstić information content (AvgIpc) is 3.26. The Morgan fingerprint density at radius 1 is 0.557 bits per heavy atom. The number of rotatable bonds is 42. The molecule has 356 valence electrons. The van der Waals surface area contributed by atoms with Crippen LogP contribution in [0.3, 0.4) is 0 Å². The zero-order valence-electron chi connectivity index (χ0n) is 39.2. The van der Waals surface area contributed by atoms with Crippen LogP contribution in [-0.4, -0.2) is 87.5 Å². The number of allylic oxidation sites excluding steroid dienone is 7. The summed E-state index contributed by atoms with van der Waals surface area (Å²) in [7, 11) is 0. The number of ether oxygens (including phenoxy) is 2. The van der Waals surface area contributed by atoms with Crippen molar-refractivity contribution in [2.75, 3.05) is 13.2 Å². The van der Waals surface area contributed by atoms with E-state index >= 15 is 0 Å². The van der Waals surface area contributed by atoms with E-state index < -0.39 is 49.5 Å². The molecule has 9 nitrogen and oxygen atoms in total. The van der Waals surface area contributed by atoms with Crippen molar-refractivity contribution < 1.29 is 39.8 Å². The lowest BCUT2D eigenvalue weighted by atomic mass is 9.99. The molecule has 0 spiro atoms. The molecule has 6 N–H and O–H groups in total. The van der Waals surface area contributed by atoms with E-state index in [9.17, 15) is 30.3 Å². The first kappa shape index (κ1) is 57.2. The Morgan fingerprint density at radius 2 is 0.984 bits per heavy atom. The van der Waals surface area contributed by atoms with Gasteiger partial charge in [0.1, 0.15) is 24.4 Å². The van der Waals surface area contributed by atoms with Gasteiger partial charge in [-0.15, -0.1) is 0 Å². The second-order valence-corrected chi connectivity index (χ2v) is 17.6. The molecule has 61 heavy (non-hydrogen) atoms. The summed E-state index contributed by atoms with van der Waals surface area (Å²) >= 11 is 0. The number of aliphatic hydroxyl groups excluding tert-OH is 5. The Morgan fingerprint density at radius 3 is 1.48 bits per heavy atom. The number of aliphatic hydroxyl groups is 5. The fraction of sp³-hybridized carbons (Fsp3) is 0.827. The number of amides is 1. The summed E-state index contributed by atoms with van der Waals surface area (Å²) < 4.78 is 11.2. The summed E-state index contributed by atoms with van der Waals surface area (Å²) in [5.74, 6) is -0.189. The molecule has 7 atom stereocenters. The lowest BCUT2D eigenvalue weighted by Crippen LogP contribution is -2.60. The SMILES string of the molecule is CCCCCCC/C=C\C/C=C\CCCCCCCCCCCCCCCC(=O)NC(COC1OC(CO)C(O)C(O)C1O)C(O)/C=C/CC/C=C/CCCCCCCCC. The monoisotopic (exact) mass is 862 g/mol. The molecule has 0 aromatic rings. The Balaban J connectivity index is 2.25. The highest BCUT2D eigenvalue weighted by Crippen LogP contribution is 2.23. The van der Waals surface area contributed by atoms with Crippen LogP contribution in [0.2, 0.25) is 0 Å². The molecule has 1 amide bonds. The summed E-state index contributed by atoms with van der Waals surface area (Å²) in [6, 6.07) is -0.821. The molecule has 0 aromatic carbocycles. The van der Waals surface area contributed by atoms with Gasteiger partial charge in [0.25, 0.3) is 0 Å². The van der Waals surface area contributed by atoms with Gasteiger partial charge in [-0.1, -0.05) is 197 Å².